The standard InChI is InChI=1S/C12H12FNO3S/c13-11-3-1-2-4-12(11)18(15,16)8-10-6-5-9(7-14)17-10/h1-6H,7-8,14H2. The number of benzene rings is 1. The van der Waals surface area contributed by atoms with E-state index in [1.54, 1.807) is 6.07 Å². The number of halogens is 1. The van der Waals surface area contributed by atoms with Gasteiger partial charge < -0.3 is 10.2 Å². The van der Waals surface area contributed by atoms with Gasteiger partial charge in [-0.3, -0.25) is 0 Å². The summed E-state index contributed by atoms with van der Waals surface area (Å²) < 4.78 is 42.6. The molecular weight excluding hydrogens is 257 g/mol. The predicted molar refractivity (Wildman–Crippen MR) is 63.9 cm³/mol. The summed E-state index contributed by atoms with van der Waals surface area (Å²) in [5.74, 6) is -0.399. The van der Waals surface area contributed by atoms with E-state index in [0.29, 0.717) is 5.76 Å². The van der Waals surface area contributed by atoms with Crippen LogP contribution in [0.25, 0.3) is 0 Å². The molecule has 2 aromatic rings. The second-order valence-corrected chi connectivity index (χ2v) is 5.72. The van der Waals surface area contributed by atoms with Crippen LogP contribution in [0.3, 0.4) is 0 Å². The van der Waals surface area contributed by atoms with Crippen molar-refractivity contribution in [3.8, 4) is 0 Å². The Morgan fingerprint density at radius 3 is 2.39 bits per heavy atom. The van der Waals surface area contributed by atoms with Crippen molar-refractivity contribution in [2.24, 2.45) is 5.73 Å². The number of sulfone groups is 1. The first-order valence-corrected chi connectivity index (χ1v) is 6.93. The van der Waals surface area contributed by atoms with Crippen molar-refractivity contribution in [2.45, 2.75) is 17.2 Å². The highest BCUT2D eigenvalue weighted by molar-refractivity contribution is 7.90. The molecule has 0 bridgehead atoms. The van der Waals surface area contributed by atoms with Crippen molar-refractivity contribution in [1.82, 2.24) is 0 Å². The van der Waals surface area contributed by atoms with E-state index >= 15 is 0 Å². The fraction of sp³-hybridized carbons (Fsp3) is 0.167. The first-order valence-electron chi connectivity index (χ1n) is 5.28. The molecule has 0 amide bonds. The maximum atomic E-state index is 13.4. The highest BCUT2D eigenvalue weighted by Gasteiger charge is 2.20. The van der Waals surface area contributed by atoms with Crippen LogP contribution in [0.5, 0.6) is 0 Å². The minimum Gasteiger partial charge on any atom is -0.464 e. The van der Waals surface area contributed by atoms with Gasteiger partial charge in [-0.2, -0.15) is 0 Å². The van der Waals surface area contributed by atoms with Crippen molar-refractivity contribution in [3.05, 3.63) is 53.7 Å². The molecule has 0 atom stereocenters. The van der Waals surface area contributed by atoms with Crippen molar-refractivity contribution in [3.63, 3.8) is 0 Å². The van der Waals surface area contributed by atoms with Crippen LogP contribution in [0.2, 0.25) is 0 Å². The molecular formula is C12H12FNO3S. The minimum atomic E-state index is -3.75. The summed E-state index contributed by atoms with van der Waals surface area (Å²) in [5.41, 5.74) is 5.36. The van der Waals surface area contributed by atoms with E-state index in [1.807, 2.05) is 0 Å². The van der Waals surface area contributed by atoms with Crippen molar-refractivity contribution in [2.75, 3.05) is 0 Å². The second kappa shape index (κ2) is 4.91. The van der Waals surface area contributed by atoms with E-state index in [9.17, 15) is 12.8 Å². The van der Waals surface area contributed by atoms with Crippen LogP contribution in [0.15, 0.2) is 45.7 Å². The monoisotopic (exact) mass is 269 g/mol. The predicted octanol–water partition coefficient (Wildman–Crippen LogP) is 1.85. The molecule has 0 spiro atoms. The summed E-state index contributed by atoms with van der Waals surface area (Å²) in [6.45, 7) is 0.194. The number of nitrogens with two attached hydrogens (primary N) is 1. The molecule has 0 aliphatic heterocycles. The van der Waals surface area contributed by atoms with E-state index < -0.39 is 15.7 Å². The molecule has 4 nitrogen and oxygen atoms in total. The molecule has 0 unspecified atom stereocenters. The van der Waals surface area contributed by atoms with E-state index in [2.05, 4.69) is 0 Å². The Labute approximate surface area is 104 Å². The number of hydrogen-bond donors (Lipinski definition) is 1. The van der Waals surface area contributed by atoms with Crippen LogP contribution < -0.4 is 5.73 Å². The van der Waals surface area contributed by atoms with Crippen LogP contribution >= 0.6 is 0 Å². The summed E-state index contributed by atoms with van der Waals surface area (Å²) in [6, 6.07) is 8.39. The summed E-state index contributed by atoms with van der Waals surface area (Å²) in [5, 5.41) is 0. The van der Waals surface area contributed by atoms with Gasteiger partial charge in [0, 0.05) is 0 Å². The zero-order chi connectivity index (χ0) is 13.2. The fourth-order valence-electron chi connectivity index (χ4n) is 1.57. The van der Waals surface area contributed by atoms with Crippen molar-refractivity contribution in [1.29, 1.82) is 0 Å². The molecule has 2 N–H and O–H groups in total. The third kappa shape index (κ3) is 2.60. The largest absolute Gasteiger partial charge is 0.464 e. The van der Waals surface area contributed by atoms with Crippen LogP contribution in [0, 0.1) is 5.82 Å². The molecule has 1 aromatic carbocycles. The number of rotatable bonds is 4. The highest BCUT2D eigenvalue weighted by atomic mass is 32.2. The van der Waals surface area contributed by atoms with Crippen molar-refractivity contribution >= 4 is 9.84 Å². The smallest absolute Gasteiger partial charge is 0.188 e. The van der Waals surface area contributed by atoms with E-state index in [0.717, 1.165) is 6.07 Å². The third-order valence-electron chi connectivity index (χ3n) is 2.42. The summed E-state index contributed by atoms with van der Waals surface area (Å²) in [6.07, 6.45) is 0. The number of hydrogen-bond acceptors (Lipinski definition) is 4. The van der Waals surface area contributed by atoms with Gasteiger partial charge in [0.05, 0.1) is 6.54 Å². The Morgan fingerprint density at radius 1 is 1.11 bits per heavy atom. The summed E-state index contributed by atoms with van der Waals surface area (Å²) >= 11 is 0. The normalized spacial score (nSPS) is 11.7. The average Bonchev–Trinajstić information content (AvgIpc) is 2.76. The van der Waals surface area contributed by atoms with Crippen LogP contribution in [0.4, 0.5) is 4.39 Å². The number of furan rings is 1. The molecule has 0 saturated heterocycles. The van der Waals surface area contributed by atoms with Gasteiger partial charge in [0.1, 0.15) is 28.0 Å². The molecule has 18 heavy (non-hydrogen) atoms. The molecule has 2 rings (SSSR count). The summed E-state index contributed by atoms with van der Waals surface area (Å²) in [4.78, 5) is -0.323. The fourth-order valence-corrected chi connectivity index (χ4v) is 2.91. The Balaban J connectivity index is 2.30. The molecule has 0 aliphatic rings. The first-order chi connectivity index (χ1) is 8.53. The van der Waals surface area contributed by atoms with Gasteiger partial charge in [-0.05, 0) is 24.3 Å². The van der Waals surface area contributed by atoms with Gasteiger partial charge in [-0.15, -0.1) is 0 Å². The average molecular weight is 269 g/mol. The summed E-state index contributed by atoms with van der Waals surface area (Å²) in [7, 11) is -3.75. The van der Waals surface area contributed by atoms with Crippen molar-refractivity contribution < 1.29 is 17.2 Å². The molecule has 0 saturated carbocycles. The SMILES string of the molecule is NCc1ccc(CS(=O)(=O)c2ccccc2F)o1. The van der Waals surface area contributed by atoms with Gasteiger partial charge in [-0.25, -0.2) is 12.8 Å². The van der Waals surface area contributed by atoms with Gasteiger partial charge in [0.25, 0.3) is 0 Å². The van der Waals surface area contributed by atoms with Gasteiger partial charge in [-0.1, -0.05) is 12.1 Å². The van der Waals surface area contributed by atoms with Crippen LogP contribution in [-0.4, -0.2) is 8.42 Å². The topological polar surface area (TPSA) is 73.3 Å². The maximum absolute atomic E-state index is 13.4. The highest BCUT2D eigenvalue weighted by Crippen LogP contribution is 2.20. The lowest BCUT2D eigenvalue weighted by molar-refractivity contribution is 0.477. The Bertz CT molecular complexity index is 649. The Morgan fingerprint density at radius 2 is 1.78 bits per heavy atom. The zero-order valence-electron chi connectivity index (χ0n) is 9.47. The van der Waals surface area contributed by atoms with Gasteiger partial charge in [0.15, 0.2) is 9.84 Å². The molecule has 1 heterocycles. The molecule has 6 heteroatoms. The minimum absolute atomic E-state index is 0.194. The Kier molecular flexibility index (Phi) is 3.49. The Hall–Kier alpha value is -1.66. The quantitative estimate of drug-likeness (QED) is 0.919. The third-order valence-corrected chi connectivity index (χ3v) is 4.09. The second-order valence-electron chi connectivity index (χ2n) is 3.76. The van der Waals surface area contributed by atoms with Crippen LogP contribution in [-0.2, 0) is 22.1 Å². The maximum Gasteiger partial charge on any atom is 0.188 e. The molecule has 0 fully saturated rings. The molecule has 0 aliphatic carbocycles. The van der Waals surface area contributed by atoms with Gasteiger partial charge >= 0.3 is 0 Å². The lowest BCUT2D eigenvalue weighted by Crippen LogP contribution is -2.06. The molecule has 96 valence electrons. The van der Waals surface area contributed by atoms with E-state index in [1.165, 1.54) is 24.3 Å². The lowest BCUT2D eigenvalue weighted by Gasteiger charge is -2.03. The first kappa shape index (κ1) is 12.8. The zero-order valence-corrected chi connectivity index (χ0v) is 10.3. The van der Waals surface area contributed by atoms with Crippen LogP contribution in [0.1, 0.15) is 11.5 Å². The molecule has 0 radical (unpaired) electrons. The lowest BCUT2D eigenvalue weighted by atomic mass is 10.3. The van der Waals surface area contributed by atoms with E-state index in [-0.39, 0.29) is 23.0 Å². The molecule has 1 aromatic heterocycles. The van der Waals surface area contributed by atoms with Gasteiger partial charge in [0.2, 0.25) is 0 Å². The van der Waals surface area contributed by atoms with E-state index in [4.69, 9.17) is 10.2 Å².